The van der Waals surface area contributed by atoms with Crippen molar-refractivity contribution < 1.29 is 5.11 Å². The van der Waals surface area contributed by atoms with Crippen molar-refractivity contribution in [1.29, 1.82) is 0 Å². The average Bonchev–Trinajstić information content (AvgIpc) is 2.36. The van der Waals surface area contributed by atoms with Gasteiger partial charge in [0.2, 0.25) is 0 Å². The van der Waals surface area contributed by atoms with Crippen molar-refractivity contribution in [2.75, 3.05) is 19.3 Å². The molecule has 0 aliphatic rings. The lowest BCUT2D eigenvalue weighted by molar-refractivity contribution is 0.468. The van der Waals surface area contributed by atoms with E-state index in [1.54, 1.807) is 5.38 Å². The molecule has 0 radical (unpaired) electrons. The van der Waals surface area contributed by atoms with Gasteiger partial charge in [0, 0.05) is 11.9 Å². The minimum Gasteiger partial charge on any atom is -0.504 e. The summed E-state index contributed by atoms with van der Waals surface area (Å²) in [6.45, 7) is 2.99. The molecule has 0 saturated heterocycles. The molecule has 5 heteroatoms. The molecule has 1 aromatic rings. The Labute approximate surface area is 80.3 Å². The molecular weight excluding hydrogens is 192 g/mol. The maximum atomic E-state index is 9.42. The van der Waals surface area contributed by atoms with Crippen LogP contribution in [0.25, 0.3) is 0 Å². The lowest BCUT2D eigenvalue weighted by Crippen LogP contribution is -2.06. The monoisotopic (exact) mass is 204 g/mol. The summed E-state index contributed by atoms with van der Waals surface area (Å²) in [6, 6.07) is 0. The number of anilines is 1. The third-order valence-electron chi connectivity index (χ3n) is 1.44. The van der Waals surface area contributed by atoms with Crippen LogP contribution in [0.4, 0.5) is 5.69 Å². The summed E-state index contributed by atoms with van der Waals surface area (Å²) in [5, 5.41) is 11.2. The fourth-order valence-corrected chi connectivity index (χ4v) is 2.51. The molecule has 0 spiro atoms. The van der Waals surface area contributed by atoms with E-state index in [0.29, 0.717) is 5.69 Å². The lowest BCUT2D eigenvalue weighted by atomic mass is 10.5. The Morgan fingerprint density at radius 3 is 2.83 bits per heavy atom. The molecule has 0 atom stereocenters. The summed E-state index contributed by atoms with van der Waals surface area (Å²) in [4.78, 5) is 0. The van der Waals surface area contributed by atoms with Gasteiger partial charge in [-0.25, -0.2) is 4.31 Å². The third-order valence-corrected chi connectivity index (χ3v) is 3.66. The van der Waals surface area contributed by atoms with Crippen LogP contribution in [0.3, 0.4) is 0 Å². The molecule has 0 aliphatic carbocycles. The highest BCUT2D eigenvalue weighted by atomic mass is 32.2. The Hall–Kier alpha value is -0.390. The first-order chi connectivity index (χ1) is 5.65. The first-order valence-corrected chi connectivity index (χ1v) is 5.25. The predicted octanol–water partition coefficient (Wildman–Crippen LogP) is 1.99. The second-order valence-electron chi connectivity index (χ2n) is 2.36. The standard InChI is InChI=1S/C7H12N2OS2/c1-3-9(2)12-7-6(10)5(8)4-11-7/h4,10H,3,8H2,1-2H3. The van der Waals surface area contributed by atoms with E-state index in [4.69, 9.17) is 5.73 Å². The highest BCUT2D eigenvalue weighted by Crippen LogP contribution is 2.40. The maximum absolute atomic E-state index is 9.42. The van der Waals surface area contributed by atoms with E-state index in [1.807, 2.05) is 11.4 Å². The SMILES string of the molecule is CCN(C)Sc1scc(N)c1O. The minimum absolute atomic E-state index is 0.213. The second-order valence-corrected chi connectivity index (χ2v) is 4.71. The van der Waals surface area contributed by atoms with E-state index in [2.05, 4.69) is 6.92 Å². The Balaban J connectivity index is 2.69. The van der Waals surface area contributed by atoms with E-state index in [0.717, 1.165) is 10.8 Å². The molecule has 0 saturated carbocycles. The van der Waals surface area contributed by atoms with Gasteiger partial charge in [-0.15, -0.1) is 11.3 Å². The van der Waals surface area contributed by atoms with Crippen molar-refractivity contribution >= 4 is 29.0 Å². The first kappa shape index (κ1) is 9.70. The molecule has 1 heterocycles. The summed E-state index contributed by atoms with van der Waals surface area (Å²) in [7, 11) is 1.97. The van der Waals surface area contributed by atoms with Crippen LogP contribution in [0.5, 0.6) is 5.75 Å². The smallest absolute Gasteiger partial charge is 0.164 e. The van der Waals surface area contributed by atoms with Crippen LogP contribution in [0.15, 0.2) is 9.59 Å². The number of nitrogens with zero attached hydrogens (tertiary/aromatic N) is 1. The molecule has 1 rings (SSSR count). The van der Waals surface area contributed by atoms with E-state index >= 15 is 0 Å². The van der Waals surface area contributed by atoms with Crippen molar-refractivity contribution in [3.63, 3.8) is 0 Å². The van der Waals surface area contributed by atoms with Gasteiger partial charge in [-0.3, -0.25) is 0 Å². The van der Waals surface area contributed by atoms with Crippen molar-refractivity contribution in [2.45, 2.75) is 11.1 Å². The largest absolute Gasteiger partial charge is 0.504 e. The first-order valence-electron chi connectivity index (χ1n) is 3.60. The molecule has 3 nitrogen and oxygen atoms in total. The molecule has 3 N–H and O–H groups in total. The number of aromatic hydroxyl groups is 1. The zero-order chi connectivity index (χ0) is 9.14. The molecule has 0 aromatic carbocycles. The normalized spacial score (nSPS) is 10.9. The van der Waals surface area contributed by atoms with E-state index < -0.39 is 0 Å². The van der Waals surface area contributed by atoms with Gasteiger partial charge in [-0.1, -0.05) is 6.92 Å². The molecule has 0 bridgehead atoms. The zero-order valence-electron chi connectivity index (χ0n) is 7.07. The molecular formula is C7H12N2OS2. The molecule has 0 amide bonds. The van der Waals surface area contributed by atoms with Crippen molar-refractivity contribution in [2.24, 2.45) is 0 Å². The van der Waals surface area contributed by atoms with Gasteiger partial charge in [-0.05, 0) is 19.0 Å². The summed E-state index contributed by atoms with van der Waals surface area (Å²) < 4.78 is 2.89. The molecule has 0 fully saturated rings. The maximum Gasteiger partial charge on any atom is 0.164 e. The molecule has 0 unspecified atom stereocenters. The average molecular weight is 204 g/mol. The van der Waals surface area contributed by atoms with Gasteiger partial charge < -0.3 is 10.8 Å². The zero-order valence-corrected chi connectivity index (χ0v) is 8.71. The molecule has 0 aliphatic heterocycles. The van der Waals surface area contributed by atoms with Crippen molar-refractivity contribution in [1.82, 2.24) is 4.31 Å². The summed E-state index contributed by atoms with van der Waals surface area (Å²) in [5.74, 6) is 0.213. The topological polar surface area (TPSA) is 49.5 Å². The number of rotatable bonds is 3. The summed E-state index contributed by atoms with van der Waals surface area (Å²) >= 11 is 2.98. The van der Waals surface area contributed by atoms with Gasteiger partial charge >= 0.3 is 0 Å². The van der Waals surface area contributed by atoms with Crippen LogP contribution in [0, 0.1) is 0 Å². The van der Waals surface area contributed by atoms with Crippen molar-refractivity contribution in [3.05, 3.63) is 5.38 Å². The summed E-state index contributed by atoms with van der Waals surface area (Å²) in [6.07, 6.45) is 0. The van der Waals surface area contributed by atoms with Gasteiger partial charge in [-0.2, -0.15) is 0 Å². The van der Waals surface area contributed by atoms with Crippen LogP contribution in [0.1, 0.15) is 6.92 Å². The second kappa shape index (κ2) is 4.02. The Morgan fingerprint density at radius 2 is 2.42 bits per heavy atom. The van der Waals surface area contributed by atoms with Crippen LogP contribution in [-0.2, 0) is 0 Å². The molecule has 68 valence electrons. The number of nitrogens with two attached hydrogens (primary N) is 1. The lowest BCUT2D eigenvalue weighted by Gasteiger charge is -2.10. The molecule has 12 heavy (non-hydrogen) atoms. The fraction of sp³-hybridized carbons (Fsp3) is 0.429. The third kappa shape index (κ3) is 2.06. The van der Waals surface area contributed by atoms with Crippen LogP contribution < -0.4 is 5.73 Å². The number of hydrogen-bond acceptors (Lipinski definition) is 5. The fourth-order valence-electron chi connectivity index (χ4n) is 0.617. The number of hydrogen-bond donors (Lipinski definition) is 2. The van der Waals surface area contributed by atoms with Gasteiger partial charge in [0.05, 0.1) is 5.69 Å². The van der Waals surface area contributed by atoms with Gasteiger partial charge in [0.15, 0.2) is 5.75 Å². The van der Waals surface area contributed by atoms with E-state index in [-0.39, 0.29) is 5.75 Å². The van der Waals surface area contributed by atoms with E-state index in [9.17, 15) is 5.11 Å². The summed E-state index contributed by atoms with van der Waals surface area (Å²) in [5.41, 5.74) is 5.95. The van der Waals surface area contributed by atoms with Crippen molar-refractivity contribution in [3.8, 4) is 5.75 Å². The highest BCUT2D eigenvalue weighted by molar-refractivity contribution is 7.99. The number of thiophene rings is 1. The Morgan fingerprint density at radius 1 is 1.75 bits per heavy atom. The van der Waals surface area contributed by atoms with Crippen LogP contribution in [-0.4, -0.2) is 23.0 Å². The quantitative estimate of drug-likeness (QED) is 0.739. The molecule has 1 aromatic heterocycles. The minimum atomic E-state index is 0.213. The highest BCUT2D eigenvalue weighted by Gasteiger charge is 2.09. The Kier molecular flexibility index (Phi) is 3.25. The predicted molar refractivity (Wildman–Crippen MR) is 54.6 cm³/mol. The number of nitrogen functional groups attached to an aromatic ring is 1. The van der Waals surface area contributed by atoms with Gasteiger partial charge in [0.1, 0.15) is 4.21 Å². The van der Waals surface area contributed by atoms with Crippen LogP contribution >= 0.6 is 23.3 Å². The Bertz CT molecular complexity index is 262. The van der Waals surface area contributed by atoms with Gasteiger partial charge in [0.25, 0.3) is 0 Å². The van der Waals surface area contributed by atoms with Crippen LogP contribution in [0.2, 0.25) is 0 Å². The van der Waals surface area contributed by atoms with E-state index in [1.165, 1.54) is 23.3 Å².